The molecular formula is C19H20F5N7OS. The Morgan fingerprint density at radius 2 is 1.91 bits per heavy atom. The number of hydrogen-bond acceptors (Lipinski definition) is 7. The molecule has 1 aromatic heterocycles. The lowest BCUT2D eigenvalue weighted by molar-refractivity contribution is -0.118. The molecular weight excluding hydrogens is 469 g/mol. The maximum atomic E-state index is 14.1. The van der Waals surface area contributed by atoms with E-state index >= 15 is 0 Å². The topological polar surface area (TPSA) is 122 Å². The smallest absolute Gasteiger partial charge is 0.403 e. The molecule has 0 saturated carbocycles. The number of halogens is 5. The van der Waals surface area contributed by atoms with Crippen molar-refractivity contribution >= 4 is 28.1 Å². The highest BCUT2D eigenvalue weighted by molar-refractivity contribution is 7.19. The van der Waals surface area contributed by atoms with E-state index in [-0.39, 0.29) is 27.2 Å². The summed E-state index contributed by atoms with van der Waals surface area (Å²) in [6, 6.07) is 3.23. The molecule has 178 valence electrons. The molecule has 0 unspecified atom stereocenters. The van der Waals surface area contributed by atoms with Crippen molar-refractivity contribution in [1.82, 2.24) is 20.5 Å². The maximum Gasteiger partial charge on any atom is 0.408 e. The van der Waals surface area contributed by atoms with Gasteiger partial charge in [-0.05, 0) is 12.1 Å². The molecule has 3 rings (SSSR count). The predicted octanol–water partition coefficient (Wildman–Crippen LogP) is 2.07. The fourth-order valence-electron chi connectivity index (χ4n) is 3.05. The number of carbonyl (C=O) groups is 1. The number of amidine groups is 1. The molecule has 1 aromatic carbocycles. The van der Waals surface area contributed by atoms with Crippen LogP contribution in [0.2, 0.25) is 0 Å². The lowest BCUT2D eigenvalue weighted by Gasteiger charge is -2.31. The number of aromatic nitrogens is 1. The summed E-state index contributed by atoms with van der Waals surface area (Å²) in [5, 5.41) is 5.11. The number of hydrogen-bond donors (Lipinski definition) is 4. The third-order valence-electron chi connectivity index (χ3n) is 4.53. The molecule has 2 heterocycles. The summed E-state index contributed by atoms with van der Waals surface area (Å²) in [5.74, 6) is -2.85. The molecule has 1 fully saturated rings. The minimum Gasteiger partial charge on any atom is -0.403 e. The second-order valence-electron chi connectivity index (χ2n) is 6.86. The third kappa shape index (κ3) is 5.96. The molecule has 1 aliphatic rings. The van der Waals surface area contributed by atoms with Crippen LogP contribution in [0.3, 0.4) is 0 Å². The highest BCUT2D eigenvalue weighted by atomic mass is 32.1. The van der Waals surface area contributed by atoms with E-state index in [2.05, 4.69) is 20.6 Å². The summed E-state index contributed by atoms with van der Waals surface area (Å²) < 4.78 is 66.5. The molecule has 14 heteroatoms. The Morgan fingerprint density at radius 3 is 2.48 bits per heavy atom. The van der Waals surface area contributed by atoms with Crippen molar-refractivity contribution in [3.05, 3.63) is 47.4 Å². The van der Waals surface area contributed by atoms with Crippen molar-refractivity contribution < 1.29 is 26.7 Å². The minimum atomic E-state index is -4.57. The van der Waals surface area contributed by atoms with Gasteiger partial charge in [-0.2, -0.15) is 13.2 Å². The fraction of sp³-hybridized carbons (Fsp3) is 0.316. The number of nitrogens with one attached hydrogen (secondary N) is 2. The average Bonchev–Trinajstić information content (AvgIpc) is 3.14. The SMILES string of the molecule is N/C=C(/NC(=O)c1nc(-c2c(F)cccc2F)sc1N)C(=NCC(F)(F)F)N1CCNCC1. The predicted molar refractivity (Wildman–Crippen MR) is 114 cm³/mol. The van der Waals surface area contributed by atoms with Crippen LogP contribution in [0.1, 0.15) is 10.5 Å². The molecule has 1 amide bonds. The number of alkyl halides is 3. The summed E-state index contributed by atoms with van der Waals surface area (Å²) >= 11 is 0.686. The van der Waals surface area contributed by atoms with Crippen molar-refractivity contribution in [2.75, 3.05) is 38.5 Å². The highest BCUT2D eigenvalue weighted by Gasteiger charge is 2.29. The largest absolute Gasteiger partial charge is 0.408 e. The molecule has 0 radical (unpaired) electrons. The van der Waals surface area contributed by atoms with Gasteiger partial charge in [0.2, 0.25) is 0 Å². The van der Waals surface area contributed by atoms with E-state index < -0.39 is 35.8 Å². The van der Waals surface area contributed by atoms with Crippen molar-refractivity contribution in [1.29, 1.82) is 0 Å². The van der Waals surface area contributed by atoms with Gasteiger partial charge in [-0.15, -0.1) is 0 Å². The van der Waals surface area contributed by atoms with E-state index in [0.29, 0.717) is 37.5 Å². The van der Waals surface area contributed by atoms with Crippen LogP contribution in [0.25, 0.3) is 10.6 Å². The van der Waals surface area contributed by atoms with Gasteiger partial charge < -0.3 is 27.0 Å². The van der Waals surface area contributed by atoms with Crippen LogP contribution in [-0.2, 0) is 0 Å². The Labute approximate surface area is 189 Å². The summed E-state index contributed by atoms with van der Waals surface area (Å²) in [7, 11) is 0. The lowest BCUT2D eigenvalue weighted by atomic mass is 10.2. The number of rotatable bonds is 5. The zero-order valence-corrected chi connectivity index (χ0v) is 17.9. The van der Waals surface area contributed by atoms with E-state index in [1.807, 2.05) is 0 Å². The standard InChI is InChI=1S/C19H20F5N7OS/c20-10-2-1-3-11(21)13(10)18-30-14(15(26)33-18)17(32)29-12(8-25)16(28-9-19(22,23)24)31-6-4-27-5-7-31/h1-3,8,27H,4-7,9,25-26H2,(H,29,32)/b12-8+,28-16?. The number of anilines is 1. The molecule has 33 heavy (non-hydrogen) atoms. The van der Waals surface area contributed by atoms with Crippen LogP contribution in [-0.4, -0.2) is 60.5 Å². The van der Waals surface area contributed by atoms with Crippen LogP contribution in [0.15, 0.2) is 35.1 Å². The number of nitrogen functional groups attached to an aromatic ring is 1. The monoisotopic (exact) mass is 489 g/mol. The number of thiazole rings is 1. The number of piperazine rings is 1. The second kappa shape index (κ2) is 10.1. The molecule has 0 spiro atoms. The van der Waals surface area contributed by atoms with Gasteiger partial charge in [0.1, 0.15) is 34.0 Å². The van der Waals surface area contributed by atoms with Crippen molar-refractivity contribution in [3.8, 4) is 10.6 Å². The first-order valence-electron chi connectivity index (χ1n) is 9.62. The Balaban J connectivity index is 1.88. The van der Waals surface area contributed by atoms with Gasteiger partial charge in [0, 0.05) is 32.4 Å². The van der Waals surface area contributed by atoms with E-state index in [9.17, 15) is 26.7 Å². The van der Waals surface area contributed by atoms with Crippen molar-refractivity contribution in [2.24, 2.45) is 10.7 Å². The van der Waals surface area contributed by atoms with Gasteiger partial charge in [0.15, 0.2) is 5.69 Å². The van der Waals surface area contributed by atoms with E-state index in [1.54, 1.807) is 4.90 Å². The molecule has 0 aliphatic carbocycles. The molecule has 6 N–H and O–H groups in total. The Morgan fingerprint density at radius 1 is 1.27 bits per heavy atom. The van der Waals surface area contributed by atoms with Gasteiger partial charge in [0.05, 0.1) is 11.3 Å². The summed E-state index contributed by atoms with van der Waals surface area (Å²) in [6.07, 6.45) is -3.66. The molecule has 0 bridgehead atoms. The first-order valence-corrected chi connectivity index (χ1v) is 10.4. The van der Waals surface area contributed by atoms with Gasteiger partial charge >= 0.3 is 6.18 Å². The zero-order valence-electron chi connectivity index (χ0n) is 17.0. The number of nitrogens with zero attached hydrogens (tertiary/aromatic N) is 3. The first kappa shape index (κ1) is 24.4. The Kier molecular flexibility index (Phi) is 7.48. The molecule has 8 nitrogen and oxygen atoms in total. The lowest BCUT2D eigenvalue weighted by Crippen LogP contribution is -2.49. The summed E-state index contributed by atoms with van der Waals surface area (Å²) in [6.45, 7) is 0.175. The van der Waals surface area contributed by atoms with Gasteiger partial charge in [-0.3, -0.25) is 9.79 Å². The van der Waals surface area contributed by atoms with Crippen molar-refractivity contribution in [2.45, 2.75) is 6.18 Å². The minimum absolute atomic E-state index is 0.141. The third-order valence-corrected chi connectivity index (χ3v) is 5.43. The molecule has 2 aromatic rings. The summed E-state index contributed by atoms with van der Waals surface area (Å²) in [5.41, 5.74) is 10.4. The zero-order chi connectivity index (χ0) is 24.2. The first-order chi connectivity index (χ1) is 15.6. The highest BCUT2D eigenvalue weighted by Crippen LogP contribution is 2.33. The number of amides is 1. The fourth-order valence-corrected chi connectivity index (χ4v) is 3.93. The van der Waals surface area contributed by atoms with Crippen molar-refractivity contribution in [3.63, 3.8) is 0 Å². The summed E-state index contributed by atoms with van der Waals surface area (Å²) in [4.78, 5) is 21.9. The normalized spacial score (nSPS) is 15.6. The van der Waals surface area contributed by atoms with Gasteiger partial charge in [-0.1, -0.05) is 17.4 Å². The number of nitrogens with two attached hydrogens (primary N) is 2. The van der Waals surface area contributed by atoms with E-state index in [0.717, 1.165) is 18.3 Å². The molecule has 0 atom stereocenters. The number of aliphatic imine (C=N–C) groups is 1. The molecule has 1 aliphatic heterocycles. The van der Waals surface area contributed by atoms with E-state index in [1.165, 1.54) is 6.07 Å². The van der Waals surface area contributed by atoms with Gasteiger partial charge in [0.25, 0.3) is 5.91 Å². The van der Waals surface area contributed by atoms with Crippen LogP contribution in [0.5, 0.6) is 0 Å². The van der Waals surface area contributed by atoms with Crippen LogP contribution >= 0.6 is 11.3 Å². The van der Waals surface area contributed by atoms with Gasteiger partial charge in [-0.25, -0.2) is 13.8 Å². The number of benzene rings is 1. The average molecular weight is 489 g/mol. The van der Waals surface area contributed by atoms with Crippen LogP contribution in [0.4, 0.5) is 27.0 Å². The quantitative estimate of drug-likeness (QED) is 0.290. The Bertz CT molecular complexity index is 1060. The second-order valence-corrected chi connectivity index (χ2v) is 7.89. The van der Waals surface area contributed by atoms with Crippen LogP contribution < -0.4 is 22.1 Å². The maximum absolute atomic E-state index is 14.1. The Hall–Kier alpha value is -3.26. The number of carbonyl (C=O) groups excluding carboxylic acids is 1. The molecule has 1 saturated heterocycles. The van der Waals surface area contributed by atoms with E-state index in [4.69, 9.17) is 11.5 Å². The van der Waals surface area contributed by atoms with Crippen LogP contribution in [0, 0.1) is 11.6 Å².